The van der Waals surface area contributed by atoms with Gasteiger partial charge in [0.25, 0.3) is 11.6 Å². The van der Waals surface area contributed by atoms with Crippen molar-refractivity contribution in [3.05, 3.63) is 55.9 Å². The maximum absolute atomic E-state index is 12.5. The Morgan fingerprint density at radius 3 is 2.56 bits per heavy atom. The molecule has 7 nitrogen and oxygen atoms in total. The summed E-state index contributed by atoms with van der Waals surface area (Å²) < 4.78 is 5.02. The Hall–Kier alpha value is -2.74. The van der Waals surface area contributed by atoms with Crippen molar-refractivity contribution in [1.82, 2.24) is 0 Å². The van der Waals surface area contributed by atoms with Crippen LogP contribution >= 0.6 is 11.3 Å². The van der Waals surface area contributed by atoms with E-state index in [0.717, 1.165) is 11.3 Å². The van der Waals surface area contributed by atoms with Gasteiger partial charge in [0.2, 0.25) is 0 Å². The highest BCUT2D eigenvalue weighted by Crippen LogP contribution is 2.30. The van der Waals surface area contributed by atoms with E-state index in [-0.39, 0.29) is 17.9 Å². The van der Waals surface area contributed by atoms with E-state index >= 15 is 0 Å². The number of nitro groups is 1. The molecule has 1 aromatic carbocycles. The van der Waals surface area contributed by atoms with Crippen LogP contribution in [0, 0.1) is 17.0 Å². The molecule has 2 rings (SSSR count). The van der Waals surface area contributed by atoms with Crippen LogP contribution in [-0.2, 0) is 11.2 Å². The molecular formula is C17H18N2O5S. The largest absolute Gasteiger partial charge is 0.462 e. The van der Waals surface area contributed by atoms with Crippen LogP contribution < -0.4 is 5.32 Å². The molecule has 132 valence electrons. The number of thiophene rings is 1. The molecule has 1 N–H and O–H groups in total. The number of nitrogens with one attached hydrogen (secondary N) is 1. The van der Waals surface area contributed by atoms with Gasteiger partial charge in [-0.15, -0.1) is 11.3 Å². The molecule has 1 aromatic heterocycles. The van der Waals surface area contributed by atoms with Gasteiger partial charge >= 0.3 is 5.97 Å². The van der Waals surface area contributed by atoms with Crippen LogP contribution in [0.15, 0.2) is 24.3 Å². The third kappa shape index (κ3) is 4.21. The van der Waals surface area contributed by atoms with E-state index in [1.54, 1.807) is 19.9 Å². The molecule has 8 heteroatoms. The standard InChI is InChI=1S/C17H18N2O5S/c1-4-12-9-13(17(21)24-5-2)16(25-12)18-15(20)11-6-7-14(19(22)23)10(3)8-11/h6-9H,4-5H2,1-3H3,(H,18,20). The number of esters is 1. The lowest BCUT2D eigenvalue weighted by atomic mass is 10.1. The van der Waals surface area contributed by atoms with Crippen molar-refractivity contribution in [2.45, 2.75) is 27.2 Å². The maximum atomic E-state index is 12.5. The molecule has 0 aliphatic heterocycles. The Labute approximate surface area is 148 Å². The van der Waals surface area contributed by atoms with Crippen LogP contribution in [0.1, 0.15) is 45.0 Å². The summed E-state index contributed by atoms with van der Waals surface area (Å²) in [5.74, 6) is -0.929. The number of benzene rings is 1. The van der Waals surface area contributed by atoms with Gasteiger partial charge in [0.15, 0.2) is 0 Å². The molecule has 0 saturated heterocycles. The highest BCUT2D eigenvalue weighted by molar-refractivity contribution is 7.16. The van der Waals surface area contributed by atoms with Gasteiger partial charge in [-0.05, 0) is 38.5 Å². The Kier molecular flexibility index (Phi) is 5.87. The van der Waals surface area contributed by atoms with Gasteiger partial charge in [-0.2, -0.15) is 0 Å². The average Bonchev–Trinajstić information content (AvgIpc) is 2.97. The minimum absolute atomic E-state index is 0.0480. The number of aryl methyl sites for hydroxylation is 2. The number of hydrogen-bond acceptors (Lipinski definition) is 6. The van der Waals surface area contributed by atoms with E-state index in [4.69, 9.17) is 4.74 Å². The number of carbonyl (C=O) groups excluding carboxylic acids is 2. The normalized spacial score (nSPS) is 10.4. The molecule has 0 saturated carbocycles. The maximum Gasteiger partial charge on any atom is 0.341 e. The van der Waals surface area contributed by atoms with Crippen LogP contribution in [0.25, 0.3) is 0 Å². The van der Waals surface area contributed by atoms with E-state index in [1.165, 1.54) is 29.5 Å². The third-order valence-corrected chi connectivity index (χ3v) is 4.70. The first kappa shape index (κ1) is 18.6. The second kappa shape index (κ2) is 7.89. The summed E-state index contributed by atoms with van der Waals surface area (Å²) in [4.78, 5) is 35.8. The van der Waals surface area contributed by atoms with Gasteiger partial charge in [-0.3, -0.25) is 14.9 Å². The van der Waals surface area contributed by atoms with Crippen molar-refractivity contribution < 1.29 is 19.2 Å². The summed E-state index contributed by atoms with van der Waals surface area (Å²) in [5.41, 5.74) is 0.942. The number of nitro benzene ring substituents is 1. The minimum atomic E-state index is -0.497. The van der Waals surface area contributed by atoms with Crippen molar-refractivity contribution in [3.8, 4) is 0 Å². The van der Waals surface area contributed by atoms with Gasteiger partial charge in [-0.1, -0.05) is 6.92 Å². The highest BCUT2D eigenvalue weighted by atomic mass is 32.1. The van der Waals surface area contributed by atoms with E-state index in [9.17, 15) is 19.7 Å². The molecule has 0 radical (unpaired) electrons. The Balaban J connectivity index is 2.28. The quantitative estimate of drug-likeness (QED) is 0.476. The Bertz CT molecular complexity index is 828. The molecule has 0 unspecified atom stereocenters. The molecule has 0 bridgehead atoms. The van der Waals surface area contributed by atoms with Crippen molar-refractivity contribution in [2.75, 3.05) is 11.9 Å². The lowest BCUT2D eigenvalue weighted by molar-refractivity contribution is -0.385. The fourth-order valence-corrected chi connectivity index (χ4v) is 3.23. The molecule has 0 atom stereocenters. The van der Waals surface area contributed by atoms with E-state index in [2.05, 4.69) is 5.32 Å². The molecule has 1 amide bonds. The van der Waals surface area contributed by atoms with Gasteiger partial charge in [-0.25, -0.2) is 4.79 Å². The third-order valence-electron chi connectivity index (χ3n) is 3.51. The number of nitrogens with zero attached hydrogens (tertiary/aromatic N) is 1. The van der Waals surface area contributed by atoms with Crippen molar-refractivity contribution >= 4 is 33.9 Å². The van der Waals surface area contributed by atoms with Crippen LogP contribution in [0.3, 0.4) is 0 Å². The summed E-state index contributed by atoms with van der Waals surface area (Å²) in [6, 6.07) is 5.84. The Morgan fingerprint density at radius 1 is 1.28 bits per heavy atom. The van der Waals surface area contributed by atoms with Crippen LogP contribution in [0.2, 0.25) is 0 Å². The van der Waals surface area contributed by atoms with E-state index in [0.29, 0.717) is 16.1 Å². The predicted molar refractivity (Wildman–Crippen MR) is 95.4 cm³/mol. The van der Waals surface area contributed by atoms with Gasteiger partial charge in [0.1, 0.15) is 5.00 Å². The number of ether oxygens (including phenoxy) is 1. The lowest BCUT2D eigenvalue weighted by Crippen LogP contribution is -2.14. The summed E-state index contributed by atoms with van der Waals surface area (Å²) in [7, 11) is 0. The van der Waals surface area contributed by atoms with Crippen molar-refractivity contribution in [2.24, 2.45) is 0 Å². The first-order valence-corrected chi connectivity index (χ1v) is 8.55. The molecule has 0 aliphatic carbocycles. The number of amides is 1. The zero-order valence-electron chi connectivity index (χ0n) is 14.1. The zero-order valence-corrected chi connectivity index (χ0v) is 14.9. The second-order valence-electron chi connectivity index (χ2n) is 5.24. The van der Waals surface area contributed by atoms with Crippen molar-refractivity contribution in [3.63, 3.8) is 0 Å². The SMILES string of the molecule is CCOC(=O)c1cc(CC)sc1NC(=O)c1ccc([N+](=O)[O-])c(C)c1. The van der Waals surface area contributed by atoms with Gasteiger partial charge < -0.3 is 10.1 Å². The minimum Gasteiger partial charge on any atom is -0.462 e. The van der Waals surface area contributed by atoms with Crippen LogP contribution in [-0.4, -0.2) is 23.4 Å². The van der Waals surface area contributed by atoms with Crippen LogP contribution in [0.5, 0.6) is 0 Å². The molecular weight excluding hydrogens is 344 g/mol. The number of anilines is 1. The first-order chi connectivity index (χ1) is 11.9. The molecule has 0 fully saturated rings. The number of hydrogen-bond donors (Lipinski definition) is 1. The highest BCUT2D eigenvalue weighted by Gasteiger charge is 2.20. The summed E-state index contributed by atoms with van der Waals surface area (Å²) in [6.07, 6.45) is 0.726. The number of rotatable bonds is 6. The van der Waals surface area contributed by atoms with E-state index < -0.39 is 16.8 Å². The zero-order chi connectivity index (χ0) is 18.6. The van der Waals surface area contributed by atoms with Crippen LogP contribution in [0.4, 0.5) is 10.7 Å². The second-order valence-corrected chi connectivity index (χ2v) is 6.38. The molecule has 2 aromatic rings. The molecule has 0 aliphatic rings. The molecule has 0 spiro atoms. The first-order valence-electron chi connectivity index (χ1n) is 7.73. The molecule has 25 heavy (non-hydrogen) atoms. The lowest BCUT2D eigenvalue weighted by Gasteiger charge is -2.07. The fraction of sp³-hybridized carbons (Fsp3) is 0.294. The average molecular weight is 362 g/mol. The summed E-state index contributed by atoms with van der Waals surface area (Å²) >= 11 is 1.31. The Morgan fingerprint density at radius 2 is 2.00 bits per heavy atom. The summed E-state index contributed by atoms with van der Waals surface area (Å²) in [6.45, 7) is 5.47. The fourth-order valence-electron chi connectivity index (χ4n) is 2.25. The number of carbonyl (C=O) groups is 2. The smallest absolute Gasteiger partial charge is 0.341 e. The predicted octanol–water partition coefficient (Wildman–Crippen LogP) is 3.96. The topological polar surface area (TPSA) is 98.5 Å². The summed E-state index contributed by atoms with van der Waals surface area (Å²) in [5, 5.41) is 14.0. The van der Waals surface area contributed by atoms with Crippen molar-refractivity contribution in [1.29, 1.82) is 0 Å². The monoisotopic (exact) mass is 362 g/mol. The van der Waals surface area contributed by atoms with Gasteiger partial charge in [0, 0.05) is 22.1 Å². The molecule has 1 heterocycles. The van der Waals surface area contributed by atoms with E-state index in [1.807, 2.05) is 6.92 Å². The van der Waals surface area contributed by atoms with Gasteiger partial charge in [0.05, 0.1) is 17.1 Å².